The third kappa shape index (κ3) is 6.30. The summed E-state index contributed by atoms with van der Waals surface area (Å²) in [5.41, 5.74) is 6.89. The van der Waals surface area contributed by atoms with Crippen LogP contribution in [-0.4, -0.2) is 59.3 Å². The molecule has 0 radical (unpaired) electrons. The number of pyridine rings is 1. The minimum atomic E-state index is -1.03. The van der Waals surface area contributed by atoms with Crippen molar-refractivity contribution in [1.29, 1.82) is 0 Å². The van der Waals surface area contributed by atoms with E-state index in [9.17, 15) is 14.4 Å². The summed E-state index contributed by atoms with van der Waals surface area (Å²) in [7, 11) is 1.97. The van der Waals surface area contributed by atoms with Gasteiger partial charge < -0.3 is 15.4 Å². The second kappa shape index (κ2) is 11.9. The Kier molecular flexibility index (Phi) is 8.87. The molecule has 0 bridgehead atoms. The van der Waals surface area contributed by atoms with Gasteiger partial charge in [-0.1, -0.05) is 13.3 Å². The first-order valence-corrected chi connectivity index (χ1v) is 14.6. The number of benzene rings is 1. The Hall–Kier alpha value is -3.33. The average molecular weight is 567 g/mol. The number of Topliss-reactive ketones (excluding diaryl/α,β-unsaturated/α-hetero) is 1. The van der Waals surface area contributed by atoms with E-state index < -0.39 is 28.8 Å². The van der Waals surface area contributed by atoms with Crippen LogP contribution in [-0.2, 0) is 26.3 Å². The highest BCUT2D eigenvalue weighted by molar-refractivity contribution is 5.92. The number of hydrogen-bond acceptors (Lipinski definition) is 7. The quantitative estimate of drug-likeness (QED) is 0.454. The molecule has 1 aromatic heterocycles. The number of rotatable bonds is 8. The number of ether oxygens (including phenoxy) is 1. The standard InChI is InChI=1S/C32H43FN4O4/c1-7-9-24(30(40)41-31(2,3)4)25-16-20(33)17-26-23(25)12-14-28(38)32(26,5)37-15-8-10-22(19-37)36(6)21-11-13-27(29(34)39)35-18-21/h11,13,16-18,22,24H,7-10,12,14-15,19H2,1-6H3,(H2,34,39)/t22-,24-,32?/m1/s1. The fraction of sp³-hybridized carbons (Fsp3) is 0.562. The number of esters is 1. The van der Waals surface area contributed by atoms with Crippen LogP contribution in [0.25, 0.3) is 0 Å². The molecule has 2 N–H and O–H groups in total. The van der Waals surface area contributed by atoms with Crippen LogP contribution < -0.4 is 10.6 Å². The summed E-state index contributed by atoms with van der Waals surface area (Å²) >= 11 is 0. The summed E-state index contributed by atoms with van der Waals surface area (Å²) in [6.07, 6.45) is 5.47. The van der Waals surface area contributed by atoms with Gasteiger partial charge in [0.25, 0.3) is 5.91 Å². The number of likely N-dealkylation sites (N-methyl/N-ethyl adjacent to an activating group) is 1. The minimum Gasteiger partial charge on any atom is -0.459 e. The lowest BCUT2D eigenvalue weighted by Crippen LogP contribution is -2.58. The number of ketones is 1. The number of piperidine rings is 1. The van der Waals surface area contributed by atoms with Crippen molar-refractivity contribution in [1.82, 2.24) is 9.88 Å². The van der Waals surface area contributed by atoms with Crippen molar-refractivity contribution in [3.63, 3.8) is 0 Å². The minimum absolute atomic E-state index is 0.0571. The zero-order valence-corrected chi connectivity index (χ0v) is 25.1. The number of halogens is 1. The molecule has 1 aliphatic carbocycles. The summed E-state index contributed by atoms with van der Waals surface area (Å²) in [5, 5.41) is 0. The molecule has 41 heavy (non-hydrogen) atoms. The predicted octanol–water partition coefficient (Wildman–Crippen LogP) is 4.88. The Balaban J connectivity index is 1.69. The lowest BCUT2D eigenvalue weighted by Gasteiger charge is -2.49. The molecule has 2 aromatic rings. The molecule has 1 fully saturated rings. The maximum absolute atomic E-state index is 15.4. The van der Waals surface area contributed by atoms with Gasteiger partial charge in [0.2, 0.25) is 0 Å². The third-order valence-electron chi connectivity index (χ3n) is 8.55. The fourth-order valence-electron chi connectivity index (χ4n) is 6.35. The van der Waals surface area contributed by atoms with E-state index in [0.29, 0.717) is 43.5 Å². The molecule has 9 heteroatoms. The van der Waals surface area contributed by atoms with Crippen molar-refractivity contribution in [3.05, 3.63) is 58.7 Å². The Morgan fingerprint density at radius 1 is 1.27 bits per heavy atom. The van der Waals surface area contributed by atoms with Gasteiger partial charge in [0.15, 0.2) is 5.78 Å². The second-order valence-corrected chi connectivity index (χ2v) is 12.5. The summed E-state index contributed by atoms with van der Waals surface area (Å²) in [6.45, 7) is 10.7. The van der Waals surface area contributed by atoms with E-state index >= 15 is 4.39 Å². The number of primary amides is 1. The van der Waals surface area contributed by atoms with Crippen LogP contribution in [0.4, 0.5) is 10.1 Å². The Morgan fingerprint density at radius 3 is 2.61 bits per heavy atom. The van der Waals surface area contributed by atoms with Gasteiger partial charge in [-0.3, -0.25) is 19.3 Å². The zero-order valence-electron chi connectivity index (χ0n) is 25.1. The zero-order chi connectivity index (χ0) is 30.1. The smallest absolute Gasteiger partial charge is 0.313 e. The van der Waals surface area contributed by atoms with Crippen molar-refractivity contribution in [2.75, 3.05) is 25.0 Å². The average Bonchev–Trinajstić information content (AvgIpc) is 2.92. The number of fused-ring (bicyclic) bond motifs is 1. The molecule has 4 rings (SSSR count). The number of hydrogen-bond donors (Lipinski definition) is 1. The van der Waals surface area contributed by atoms with Crippen molar-refractivity contribution in [3.8, 4) is 0 Å². The van der Waals surface area contributed by atoms with Crippen LogP contribution in [0, 0.1) is 5.82 Å². The van der Waals surface area contributed by atoms with Gasteiger partial charge in [-0.05, 0) is 101 Å². The number of carbonyl (C=O) groups is 3. The van der Waals surface area contributed by atoms with E-state index in [0.717, 1.165) is 30.5 Å². The van der Waals surface area contributed by atoms with E-state index in [2.05, 4.69) is 14.8 Å². The van der Waals surface area contributed by atoms with Crippen molar-refractivity contribution in [2.45, 2.75) is 96.2 Å². The van der Waals surface area contributed by atoms with Crippen LogP contribution in [0.15, 0.2) is 30.5 Å². The number of amides is 1. The lowest BCUT2D eigenvalue weighted by atomic mass is 9.71. The highest BCUT2D eigenvalue weighted by Crippen LogP contribution is 2.43. The Labute approximate surface area is 242 Å². The highest BCUT2D eigenvalue weighted by Gasteiger charge is 2.47. The van der Waals surface area contributed by atoms with Gasteiger partial charge in [-0.2, -0.15) is 0 Å². The maximum Gasteiger partial charge on any atom is 0.313 e. The molecule has 0 saturated carbocycles. The lowest BCUT2D eigenvalue weighted by molar-refractivity contribution is -0.157. The molecule has 0 spiro atoms. The molecule has 222 valence electrons. The summed E-state index contributed by atoms with van der Waals surface area (Å²) in [6, 6.07) is 6.46. The number of likely N-dealkylation sites (tertiary alicyclic amines) is 1. The molecule has 1 saturated heterocycles. The fourth-order valence-corrected chi connectivity index (χ4v) is 6.35. The second-order valence-electron chi connectivity index (χ2n) is 12.5. The Bertz CT molecular complexity index is 1310. The number of anilines is 1. The van der Waals surface area contributed by atoms with Gasteiger partial charge in [0.1, 0.15) is 22.7 Å². The van der Waals surface area contributed by atoms with Crippen molar-refractivity contribution < 1.29 is 23.5 Å². The van der Waals surface area contributed by atoms with Crippen LogP contribution in [0.5, 0.6) is 0 Å². The first-order chi connectivity index (χ1) is 19.3. The summed E-state index contributed by atoms with van der Waals surface area (Å²) < 4.78 is 21.1. The molecule has 8 nitrogen and oxygen atoms in total. The third-order valence-corrected chi connectivity index (χ3v) is 8.55. The van der Waals surface area contributed by atoms with E-state index in [1.807, 2.05) is 47.7 Å². The normalized spacial score (nSPS) is 22.1. The molecule has 1 amide bonds. The maximum atomic E-state index is 15.4. The van der Waals surface area contributed by atoms with Crippen molar-refractivity contribution in [2.24, 2.45) is 5.73 Å². The summed E-state index contributed by atoms with van der Waals surface area (Å²) in [4.78, 5) is 47.0. The SMILES string of the molecule is CCC[C@@H](C(=O)OC(C)(C)C)c1cc(F)cc2c1CCC(=O)C2(C)N1CCC[C@@H](N(C)c2ccc(C(N)=O)nc2)C1. The number of nitrogens with zero attached hydrogens (tertiary/aromatic N) is 3. The van der Waals surface area contributed by atoms with Gasteiger partial charge in [0.05, 0.1) is 17.8 Å². The molecule has 2 heterocycles. The number of carbonyl (C=O) groups excluding carboxylic acids is 3. The van der Waals surface area contributed by atoms with Crippen molar-refractivity contribution >= 4 is 23.3 Å². The Morgan fingerprint density at radius 2 is 2.00 bits per heavy atom. The van der Waals surface area contributed by atoms with Gasteiger partial charge in [-0.15, -0.1) is 0 Å². The molecular weight excluding hydrogens is 523 g/mol. The van der Waals surface area contributed by atoms with E-state index in [1.54, 1.807) is 12.3 Å². The predicted molar refractivity (Wildman–Crippen MR) is 156 cm³/mol. The molecule has 2 aliphatic rings. The molecular formula is C32H43FN4O4. The monoisotopic (exact) mass is 566 g/mol. The van der Waals surface area contributed by atoms with Gasteiger partial charge in [-0.25, -0.2) is 9.37 Å². The van der Waals surface area contributed by atoms with Gasteiger partial charge in [0, 0.05) is 26.1 Å². The highest BCUT2D eigenvalue weighted by atomic mass is 19.1. The van der Waals surface area contributed by atoms with Crippen LogP contribution in [0.1, 0.15) is 99.8 Å². The number of nitrogens with two attached hydrogens (primary N) is 1. The molecule has 1 aliphatic heterocycles. The van der Waals surface area contributed by atoms with E-state index in [-0.39, 0.29) is 23.5 Å². The van der Waals surface area contributed by atoms with Crippen LogP contribution in [0.2, 0.25) is 0 Å². The first kappa shape index (κ1) is 30.6. The molecule has 1 unspecified atom stereocenters. The van der Waals surface area contributed by atoms with E-state index in [1.165, 1.54) is 12.1 Å². The van der Waals surface area contributed by atoms with Crippen LogP contribution in [0.3, 0.4) is 0 Å². The number of aromatic nitrogens is 1. The van der Waals surface area contributed by atoms with E-state index in [4.69, 9.17) is 10.5 Å². The van der Waals surface area contributed by atoms with Crippen LogP contribution >= 0.6 is 0 Å². The first-order valence-electron chi connectivity index (χ1n) is 14.6. The summed E-state index contributed by atoms with van der Waals surface area (Å²) in [5.74, 6) is -1.93. The molecule has 3 atom stereocenters. The molecule has 1 aromatic carbocycles. The topological polar surface area (TPSA) is 106 Å². The van der Waals surface area contributed by atoms with Gasteiger partial charge >= 0.3 is 5.97 Å². The largest absolute Gasteiger partial charge is 0.459 e.